The zero-order chi connectivity index (χ0) is 63.1. The minimum absolute atomic E-state index is 0.119. The lowest BCUT2D eigenvalue weighted by molar-refractivity contribution is -0.305. The van der Waals surface area contributed by atoms with Crippen molar-refractivity contribution in [3.8, 4) is 0 Å². The van der Waals surface area contributed by atoms with Crippen LogP contribution in [0.1, 0.15) is 323 Å². The molecule has 0 aromatic rings. The number of hydrogen-bond acceptors (Lipinski definition) is 10. The standard InChI is InChI=1S/C76H135NO10/c1-4-7-10-13-16-19-22-24-26-28-30-32-33-34-35-36-37-38-40-42-44-46-49-52-55-58-61-64-71(81)87-74-73(83)72(82)70(65-78)86-76(74)85-66-67(68(79)62-59-56-53-50-47-21-18-15-12-9-6-3)77-75(84)69(80)63-60-57-54-51-48-45-43-41-39-31-29-27-25-23-20-17-14-11-8-5-2/h8,11,17,20,25,27,31,39,43,45,51,54,59,62,67-70,72-74,76,78-80,82-83H,4-7,9-10,12-16,18-19,21-24,26,28-30,32-38,40-42,44,46-50,52-53,55-58,60-61,63-66H2,1-3H3,(H,77,84)/b11-8-,20-17-,27-25-,39-31-,45-43-,54-51-,62-59+. The molecule has 1 saturated heterocycles. The second-order valence-electron chi connectivity index (χ2n) is 24.9. The van der Waals surface area contributed by atoms with E-state index >= 15 is 0 Å². The predicted molar refractivity (Wildman–Crippen MR) is 366 cm³/mol. The van der Waals surface area contributed by atoms with Gasteiger partial charge >= 0.3 is 5.97 Å². The van der Waals surface area contributed by atoms with Gasteiger partial charge in [-0.15, -0.1) is 0 Å². The maximum absolute atomic E-state index is 13.4. The quantitative estimate of drug-likeness (QED) is 0.0195. The summed E-state index contributed by atoms with van der Waals surface area (Å²) in [6, 6.07) is -1.05. The Hall–Kier alpha value is -3.16. The van der Waals surface area contributed by atoms with Crippen LogP contribution in [0.25, 0.3) is 0 Å². The second-order valence-corrected chi connectivity index (χ2v) is 24.9. The summed E-state index contributed by atoms with van der Waals surface area (Å²) in [5.41, 5.74) is 0. The van der Waals surface area contributed by atoms with Crippen molar-refractivity contribution in [1.29, 1.82) is 0 Å². The van der Waals surface area contributed by atoms with Crippen LogP contribution in [0.15, 0.2) is 85.1 Å². The molecule has 0 aliphatic carbocycles. The van der Waals surface area contributed by atoms with Crippen molar-refractivity contribution in [3.63, 3.8) is 0 Å². The SMILES string of the molecule is CC/C=C\C/C=C\C/C=C\C/C=C\C/C=C\C/C=C\CCCC(O)C(=O)NC(COC1OC(CO)C(O)C(O)C1OC(=O)CCCCCCCCCCCCCCCCCCCCCCCCCCCCC)C(O)/C=C/CCCCCCCCCCC. The van der Waals surface area contributed by atoms with Crippen molar-refractivity contribution in [2.45, 2.75) is 372 Å². The molecule has 1 heterocycles. The van der Waals surface area contributed by atoms with Gasteiger partial charge in [-0.05, 0) is 77.0 Å². The largest absolute Gasteiger partial charge is 0.454 e. The molecule has 0 aromatic heterocycles. The number of aliphatic hydroxyl groups is 5. The molecule has 0 bridgehead atoms. The summed E-state index contributed by atoms with van der Waals surface area (Å²) in [7, 11) is 0. The van der Waals surface area contributed by atoms with E-state index in [0.29, 0.717) is 19.3 Å². The first kappa shape index (κ1) is 81.9. The Kier molecular flexibility index (Phi) is 59.3. The molecule has 11 nitrogen and oxygen atoms in total. The van der Waals surface area contributed by atoms with Crippen LogP contribution < -0.4 is 5.32 Å². The monoisotopic (exact) mass is 1220 g/mol. The Balaban J connectivity index is 2.54. The van der Waals surface area contributed by atoms with Crippen molar-refractivity contribution >= 4 is 11.9 Å². The third kappa shape index (κ3) is 50.2. The third-order valence-electron chi connectivity index (χ3n) is 16.8. The summed E-state index contributed by atoms with van der Waals surface area (Å²) < 4.78 is 17.7. The van der Waals surface area contributed by atoms with Gasteiger partial charge in [0.15, 0.2) is 12.4 Å². The van der Waals surface area contributed by atoms with Crippen LogP contribution in [0.2, 0.25) is 0 Å². The Morgan fingerprint density at radius 3 is 1.23 bits per heavy atom. The first-order chi connectivity index (χ1) is 42.7. The Bertz CT molecular complexity index is 1740. The molecule has 87 heavy (non-hydrogen) atoms. The van der Waals surface area contributed by atoms with Crippen LogP contribution in [0.3, 0.4) is 0 Å². The minimum Gasteiger partial charge on any atom is -0.454 e. The predicted octanol–water partition coefficient (Wildman–Crippen LogP) is 18.8. The Morgan fingerprint density at radius 2 is 0.828 bits per heavy atom. The summed E-state index contributed by atoms with van der Waals surface area (Å²) in [5, 5.41) is 57.1. The Morgan fingerprint density at radius 1 is 0.460 bits per heavy atom. The lowest BCUT2D eigenvalue weighted by Gasteiger charge is -2.41. The van der Waals surface area contributed by atoms with E-state index in [1.807, 2.05) is 12.2 Å². The van der Waals surface area contributed by atoms with Gasteiger partial charge in [-0.3, -0.25) is 9.59 Å². The van der Waals surface area contributed by atoms with E-state index in [9.17, 15) is 35.1 Å². The highest BCUT2D eigenvalue weighted by Gasteiger charge is 2.47. The van der Waals surface area contributed by atoms with Crippen LogP contribution in [-0.2, 0) is 23.8 Å². The fourth-order valence-corrected chi connectivity index (χ4v) is 11.1. The van der Waals surface area contributed by atoms with Gasteiger partial charge in [0.2, 0.25) is 5.91 Å². The summed E-state index contributed by atoms with van der Waals surface area (Å²) in [6.45, 7) is 5.68. The molecule has 1 amide bonds. The molecule has 8 unspecified atom stereocenters. The van der Waals surface area contributed by atoms with Crippen LogP contribution in [0.4, 0.5) is 0 Å². The molecule has 11 heteroatoms. The van der Waals surface area contributed by atoms with Gasteiger partial charge in [-0.25, -0.2) is 0 Å². The summed E-state index contributed by atoms with van der Waals surface area (Å²) in [6.07, 6.45) is 73.6. The normalized spacial score (nSPS) is 18.7. The number of carbonyl (C=O) groups is 2. The maximum Gasteiger partial charge on any atom is 0.306 e. The van der Waals surface area contributed by atoms with Crippen molar-refractivity contribution in [2.24, 2.45) is 0 Å². The third-order valence-corrected chi connectivity index (χ3v) is 16.8. The highest BCUT2D eigenvalue weighted by Crippen LogP contribution is 2.26. The van der Waals surface area contributed by atoms with Crippen molar-refractivity contribution in [1.82, 2.24) is 5.32 Å². The van der Waals surface area contributed by atoms with E-state index in [0.717, 1.165) is 83.5 Å². The first-order valence-electron chi connectivity index (χ1n) is 36.4. The molecular weight excluding hydrogens is 1090 g/mol. The molecule has 0 radical (unpaired) electrons. The van der Waals surface area contributed by atoms with Gasteiger partial charge in [0, 0.05) is 6.42 Å². The number of rotatable bonds is 62. The molecule has 1 aliphatic heterocycles. The van der Waals surface area contributed by atoms with Crippen LogP contribution in [-0.4, -0.2) is 99.6 Å². The van der Waals surface area contributed by atoms with E-state index in [-0.39, 0.29) is 19.4 Å². The fraction of sp³-hybridized carbons (Fsp3) is 0.789. The number of allylic oxidation sites excluding steroid dienone is 13. The molecule has 8 atom stereocenters. The molecule has 0 spiro atoms. The van der Waals surface area contributed by atoms with Crippen molar-refractivity contribution in [2.75, 3.05) is 13.2 Å². The number of nitrogens with one attached hydrogen (secondary N) is 1. The number of amides is 1. The van der Waals surface area contributed by atoms with Crippen LogP contribution in [0, 0.1) is 0 Å². The van der Waals surface area contributed by atoms with Gasteiger partial charge in [0.1, 0.15) is 24.4 Å². The molecule has 1 rings (SSSR count). The average molecular weight is 1220 g/mol. The molecule has 0 aromatic carbocycles. The number of esters is 1. The van der Waals surface area contributed by atoms with Crippen molar-refractivity contribution < 1.29 is 49.3 Å². The summed E-state index contributed by atoms with van der Waals surface area (Å²) in [4.78, 5) is 26.7. The number of carbonyl (C=O) groups excluding carboxylic acids is 2. The lowest BCUT2D eigenvalue weighted by Crippen LogP contribution is -2.61. The van der Waals surface area contributed by atoms with Gasteiger partial charge in [-0.2, -0.15) is 0 Å². The fourth-order valence-electron chi connectivity index (χ4n) is 11.1. The van der Waals surface area contributed by atoms with Gasteiger partial charge in [-0.1, -0.05) is 324 Å². The van der Waals surface area contributed by atoms with E-state index in [1.54, 1.807) is 6.08 Å². The van der Waals surface area contributed by atoms with E-state index in [2.05, 4.69) is 92.9 Å². The zero-order valence-corrected chi connectivity index (χ0v) is 56.1. The summed E-state index contributed by atoms with van der Waals surface area (Å²) >= 11 is 0. The highest BCUT2D eigenvalue weighted by molar-refractivity contribution is 5.80. The average Bonchev–Trinajstić information content (AvgIpc) is 1.56. The summed E-state index contributed by atoms with van der Waals surface area (Å²) in [5.74, 6) is -1.23. The second kappa shape index (κ2) is 63.0. The topological polar surface area (TPSA) is 175 Å². The maximum atomic E-state index is 13.4. The Labute approximate surface area is 533 Å². The number of ether oxygens (including phenoxy) is 3. The van der Waals surface area contributed by atoms with Gasteiger partial charge in [0.25, 0.3) is 0 Å². The van der Waals surface area contributed by atoms with Crippen molar-refractivity contribution in [3.05, 3.63) is 85.1 Å². The first-order valence-corrected chi connectivity index (χ1v) is 36.4. The van der Waals surface area contributed by atoms with E-state index < -0.39 is 67.4 Å². The zero-order valence-electron chi connectivity index (χ0n) is 56.1. The lowest BCUT2D eigenvalue weighted by atomic mass is 9.99. The molecule has 6 N–H and O–H groups in total. The van der Waals surface area contributed by atoms with Gasteiger partial charge < -0.3 is 45.1 Å². The minimum atomic E-state index is -1.62. The van der Waals surface area contributed by atoms with E-state index in [4.69, 9.17) is 14.2 Å². The number of hydrogen-bond donors (Lipinski definition) is 6. The number of aliphatic hydroxyl groups excluding tert-OH is 5. The van der Waals surface area contributed by atoms with Gasteiger partial charge in [0.05, 0.1) is 25.4 Å². The molecule has 504 valence electrons. The highest BCUT2D eigenvalue weighted by atomic mass is 16.7. The molecule has 1 fully saturated rings. The molecule has 0 saturated carbocycles. The smallest absolute Gasteiger partial charge is 0.306 e. The molecule has 1 aliphatic rings. The number of unbranched alkanes of at least 4 members (excludes halogenated alkanes) is 36. The van der Waals surface area contributed by atoms with Crippen LogP contribution in [0.5, 0.6) is 0 Å². The molecular formula is C76H135NO10. The van der Waals surface area contributed by atoms with Crippen LogP contribution >= 0.6 is 0 Å². The van der Waals surface area contributed by atoms with E-state index in [1.165, 1.54) is 186 Å².